The van der Waals surface area contributed by atoms with Crippen LogP contribution in [0.3, 0.4) is 0 Å². The molecule has 4 nitrogen and oxygen atoms in total. The van der Waals surface area contributed by atoms with Crippen LogP contribution in [0.4, 0.5) is 0 Å². The molecule has 0 aliphatic rings. The van der Waals surface area contributed by atoms with Gasteiger partial charge in [0.1, 0.15) is 35.4 Å². The summed E-state index contributed by atoms with van der Waals surface area (Å²) in [6.45, 7) is 4.35. The Kier molecular flexibility index (Phi) is 7.09. The summed E-state index contributed by atoms with van der Waals surface area (Å²) in [5.41, 5.74) is 2.88. The Morgan fingerprint density at radius 1 is 0.647 bits per heavy atom. The summed E-state index contributed by atoms with van der Waals surface area (Å²) in [5, 5.41) is 36.2. The van der Waals surface area contributed by atoms with Crippen LogP contribution in [0.5, 0.6) is 0 Å². The molecule has 0 atom stereocenters. The van der Waals surface area contributed by atoms with Gasteiger partial charge in [0, 0.05) is 38.7 Å². The number of fused-ring (bicyclic) bond motifs is 1. The van der Waals surface area contributed by atoms with Gasteiger partial charge in [-0.3, -0.25) is 0 Å². The molecule has 34 heavy (non-hydrogen) atoms. The highest BCUT2D eigenvalue weighted by molar-refractivity contribution is 7.34. The predicted octanol–water partition coefficient (Wildman–Crippen LogP) is 8.41. The van der Waals surface area contributed by atoms with Crippen molar-refractivity contribution in [2.24, 2.45) is 0 Å². The molecule has 0 saturated carbocycles. The summed E-state index contributed by atoms with van der Waals surface area (Å²) in [6, 6.07) is 15.8. The third kappa shape index (κ3) is 4.34. The van der Waals surface area contributed by atoms with Crippen LogP contribution in [0.15, 0.2) is 35.4 Å². The maximum atomic E-state index is 9.04. The molecular formula is C26H16N4S4. The van der Waals surface area contributed by atoms with Gasteiger partial charge in [-0.15, -0.1) is 45.3 Å². The zero-order chi connectivity index (χ0) is 24.2. The van der Waals surface area contributed by atoms with Crippen molar-refractivity contribution in [1.82, 2.24) is 0 Å². The second kappa shape index (κ2) is 10.2. The van der Waals surface area contributed by atoms with Crippen LogP contribution in [0.1, 0.15) is 34.7 Å². The topological polar surface area (TPSA) is 95.2 Å². The Hall–Kier alpha value is -3.50. The van der Waals surface area contributed by atoms with Crippen LogP contribution in [0, 0.1) is 45.3 Å². The van der Waals surface area contributed by atoms with Gasteiger partial charge in [0.25, 0.3) is 0 Å². The van der Waals surface area contributed by atoms with Crippen LogP contribution < -0.4 is 0 Å². The molecule has 0 bridgehead atoms. The summed E-state index contributed by atoms with van der Waals surface area (Å²) < 4.78 is 2.63. The Morgan fingerprint density at radius 2 is 1.03 bits per heavy atom. The number of thiophene rings is 4. The van der Waals surface area contributed by atoms with Crippen LogP contribution in [-0.2, 0) is 12.8 Å². The quantitative estimate of drug-likeness (QED) is 0.242. The molecule has 0 aromatic carbocycles. The van der Waals surface area contributed by atoms with E-state index < -0.39 is 0 Å². The lowest BCUT2D eigenvalue weighted by Gasteiger charge is -2.00. The maximum absolute atomic E-state index is 9.04. The fraction of sp³-hybridized carbons (Fsp3) is 0.154. The predicted molar refractivity (Wildman–Crippen MR) is 143 cm³/mol. The molecule has 0 unspecified atom stereocenters. The second-order valence-electron chi connectivity index (χ2n) is 7.15. The molecule has 4 rings (SSSR count). The number of rotatable bonds is 6. The minimum Gasteiger partial charge on any atom is -0.192 e. The minimum absolute atomic E-state index is 0.107. The van der Waals surface area contributed by atoms with Gasteiger partial charge in [0.2, 0.25) is 0 Å². The van der Waals surface area contributed by atoms with Crippen molar-refractivity contribution in [3.05, 3.63) is 56.3 Å². The van der Waals surface area contributed by atoms with E-state index in [1.54, 1.807) is 34.8 Å². The van der Waals surface area contributed by atoms with Gasteiger partial charge in [-0.2, -0.15) is 21.0 Å². The molecule has 0 fully saturated rings. The van der Waals surface area contributed by atoms with E-state index in [9.17, 15) is 0 Å². The average molecular weight is 513 g/mol. The van der Waals surface area contributed by atoms with Crippen molar-refractivity contribution in [2.75, 3.05) is 0 Å². The largest absolute Gasteiger partial charge is 0.192 e. The molecule has 4 heterocycles. The molecule has 8 heteroatoms. The van der Waals surface area contributed by atoms with E-state index in [-0.39, 0.29) is 11.1 Å². The normalized spacial score (nSPS) is 10.2. The first kappa shape index (κ1) is 23.7. The SMILES string of the molecule is CCc1c(-c2ccc(C=C(C#N)C#N)s2)sc2c(CC)c(-c3ccc(C=C(C#N)C#N)s3)sc12. The van der Waals surface area contributed by atoms with Crippen molar-refractivity contribution >= 4 is 66.9 Å². The van der Waals surface area contributed by atoms with Gasteiger partial charge in [-0.05, 0) is 60.4 Å². The Balaban J connectivity index is 1.79. The first-order chi connectivity index (χ1) is 16.6. The van der Waals surface area contributed by atoms with Crippen LogP contribution >= 0.6 is 45.3 Å². The second-order valence-corrected chi connectivity index (χ2v) is 11.4. The lowest BCUT2D eigenvalue weighted by Crippen LogP contribution is -1.78. The molecule has 0 N–H and O–H groups in total. The average Bonchev–Trinajstić information content (AvgIpc) is 3.63. The van der Waals surface area contributed by atoms with E-state index >= 15 is 0 Å². The van der Waals surface area contributed by atoms with E-state index in [0.717, 1.165) is 32.4 Å². The van der Waals surface area contributed by atoms with Gasteiger partial charge < -0.3 is 0 Å². The number of nitrogens with zero attached hydrogens (tertiary/aromatic N) is 4. The maximum Gasteiger partial charge on any atom is 0.131 e. The molecule has 164 valence electrons. The van der Waals surface area contributed by atoms with Gasteiger partial charge in [-0.1, -0.05) is 13.8 Å². The van der Waals surface area contributed by atoms with Crippen molar-refractivity contribution in [2.45, 2.75) is 26.7 Å². The Bertz CT molecular complexity index is 1470. The van der Waals surface area contributed by atoms with E-state index in [0.29, 0.717) is 0 Å². The lowest BCUT2D eigenvalue weighted by atomic mass is 10.1. The van der Waals surface area contributed by atoms with Gasteiger partial charge >= 0.3 is 0 Å². The highest BCUT2D eigenvalue weighted by Crippen LogP contribution is 2.51. The zero-order valence-electron chi connectivity index (χ0n) is 18.3. The summed E-state index contributed by atoms with van der Waals surface area (Å²) in [5.74, 6) is 0. The minimum atomic E-state index is 0.107. The molecule has 0 saturated heterocycles. The van der Waals surface area contributed by atoms with E-state index in [2.05, 4.69) is 26.0 Å². The van der Waals surface area contributed by atoms with Gasteiger partial charge in [0.15, 0.2) is 0 Å². The molecule has 0 radical (unpaired) electrons. The Labute approximate surface area is 213 Å². The van der Waals surface area contributed by atoms with Crippen LogP contribution in [0.2, 0.25) is 0 Å². The molecule has 4 aromatic rings. The molecule has 0 spiro atoms. The van der Waals surface area contributed by atoms with Crippen molar-refractivity contribution in [3.8, 4) is 43.8 Å². The van der Waals surface area contributed by atoms with Crippen molar-refractivity contribution < 1.29 is 0 Å². The third-order valence-corrected chi connectivity index (χ3v) is 10.3. The number of allylic oxidation sites excluding steroid dienone is 2. The fourth-order valence-electron chi connectivity index (χ4n) is 3.63. The zero-order valence-corrected chi connectivity index (χ0v) is 21.6. The fourth-order valence-corrected chi connectivity index (χ4v) is 9.00. The van der Waals surface area contributed by atoms with Crippen molar-refractivity contribution in [3.63, 3.8) is 0 Å². The number of hydrogen-bond donors (Lipinski definition) is 0. The third-order valence-electron chi connectivity index (χ3n) is 5.17. The monoisotopic (exact) mass is 512 g/mol. The van der Waals surface area contributed by atoms with Crippen LogP contribution in [-0.4, -0.2) is 0 Å². The van der Waals surface area contributed by atoms with Crippen LogP contribution in [0.25, 0.3) is 41.1 Å². The highest BCUT2D eigenvalue weighted by atomic mass is 32.1. The summed E-state index contributed by atoms with van der Waals surface area (Å²) >= 11 is 6.83. The first-order valence-electron chi connectivity index (χ1n) is 10.4. The molecular weight excluding hydrogens is 497 g/mol. The smallest absolute Gasteiger partial charge is 0.131 e. The Morgan fingerprint density at radius 3 is 1.35 bits per heavy atom. The summed E-state index contributed by atoms with van der Waals surface area (Å²) in [7, 11) is 0. The summed E-state index contributed by atoms with van der Waals surface area (Å²) in [6.07, 6.45) is 5.10. The molecule has 0 aliphatic carbocycles. The molecule has 4 aromatic heterocycles. The standard InChI is InChI=1S/C26H16N4S4/c1-3-19-23(21-7-5-17(31-21)9-15(11-27)12-28)33-26-20(4-2)24(34-25(19)26)22-8-6-18(32-22)10-16(13-29)14-30/h5-10H,3-4H2,1-2H3. The van der Waals surface area contributed by atoms with Crippen molar-refractivity contribution in [1.29, 1.82) is 21.0 Å². The highest BCUT2D eigenvalue weighted by Gasteiger charge is 2.22. The lowest BCUT2D eigenvalue weighted by molar-refractivity contribution is 1.17. The molecule has 0 aliphatic heterocycles. The van der Waals surface area contributed by atoms with Gasteiger partial charge in [0.05, 0.1) is 0 Å². The number of aryl methyl sites for hydroxylation is 2. The number of nitriles is 4. The van der Waals surface area contributed by atoms with E-state index in [1.165, 1.54) is 30.3 Å². The number of hydrogen-bond acceptors (Lipinski definition) is 8. The van der Waals surface area contributed by atoms with Gasteiger partial charge in [-0.25, -0.2) is 0 Å². The van der Waals surface area contributed by atoms with E-state index in [1.807, 2.05) is 59.1 Å². The molecule has 0 amide bonds. The first-order valence-corrected chi connectivity index (χ1v) is 13.6. The van der Waals surface area contributed by atoms with E-state index in [4.69, 9.17) is 21.0 Å². The summed E-state index contributed by atoms with van der Waals surface area (Å²) in [4.78, 5) is 6.62.